The molecule has 0 aliphatic heterocycles. The van der Waals surface area contributed by atoms with Crippen LogP contribution < -0.4 is 5.73 Å². The first kappa shape index (κ1) is 10.3. The van der Waals surface area contributed by atoms with Crippen molar-refractivity contribution in [3.8, 4) is 11.1 Å². The van der Waals surface area contributed by atoms with Crippen molar-refractivity contribution in [2.45, 2.75) is 13.8 Å². The summed E-state index contributed by atoms with van der Waals surface area (Å²) < 4.78 is 6.53. The van der Waals surface area contributed by atoms with Gasteiger partial charge in [-0.05, 0) is 38.1 Å². The summed E-state index contributed by atoms with van der Waals surface area (Å²) in [7, 11) is 0. The minimum atomic E-state index is 0.756. The van der Waals surface area contributed by atoms with Crippen LogP contribution >= 0.6 is 15.9 Å². The molecule has 0 spiro atoms. The van der Waals surface area contributed by atoms with Crippen LogP contribution in [-0.2, 0) is 0 Å². The highest BCUT2D eigenvalue weighted by Crippen LogP contribution is 2.33. The second kappa shape index (κ2) is 3.74. The fourth-order valence-electron chi connectivity index (χ4n) is 1.65. The fraction of sp³-hybridized carbons (Fsp3) is 0.167. The maximum Gasteiger partial charge on any atom is 0.108 e. The number of anilines is 1. The molecule has 0 unspecified atom stereocenters. The second-order valence-electron chi connectivity index (χ2n) is 3.57. The van der Waals surface area contributed by atoms with Crippen LogP contribution in [0.5, 0.6) is 0 Å². The molecule has 0 aliphatic rings. The van der Waals surface area contributed by atoms with Gasteiger partial charge in [0.25, 0.3) is 0 Å². The van der Waals surface area contributed by atoms with Crippen molar-refractivity contribution in [2.75, 3.05) is 5.73 Å². The van der Waals surface area contributed by atoms with E-state index in [2.05, 4.69) is 15.9 Å². The number of rotatable bonds is 1. The zero-order valence-electron chi connectivity index (χ0n) is 8.67. The first-order valence-corrected chi connectivity index (χ1v) is 5.49. The van der Waals surface area contributed by atoms with Gasteiger partial charge >= 0.3 is 0 Å². The summed E-state index contributed by atoms with van der Waals surface area (Å²) in [4.78, 5) is 0. The van der Waals surface area contributed by atoms with Gasteiger partial charge in [-0.15, -0.1) is 0 Å². The summed E-state index contributed by atoms with van der Waals surface area (Å²) in [5, 5.41) is 0. The number of hydrogen-bond acceptors (Lipinski definition) is 2. The molecular formula is C12H12BrNO. The number of furan rings is 1. The Kier molecular flexibility index (Phi) is 2.57. The minimum absolute atomic E-state index is 0.756. The summed E-state index contributed by atoms with van der Waals surface area (Å²) in [5.74, 6) is 1.83. The van der Waals surface area contributed by atoms with Gasteiger partial charge in [0.2, 0.25) is 0 Å². The summed E-state index contributed by atoms with van der Waals surface area (Å²) in [6.07, 6.45) is 0. The molecule has 2 rings (SSSR count). The molecule has 0 saturated carbocycles. The van der Waals surface area contributed by atoms with Crippen LogP contribution in [0.1, 0.15) is 11.5 Å². The van der Waals surface area contributed by atoms with Crippen molar-refractivity contribution in [2.24, 2.45) is 0 Å². The Morgan fingerprint density at radius 3 is 2.47 bits per heavy atom. The largest absolute Gasteiger partial charge is 0.466 e. The molecular weight excluding hydrogens is 254 g/mol. The number of benzene rings is 1. The van der Waals surface area contributed by atoms with Crippen molar-refractivity contribution in [3.63, 3.8) is 0 Å². The van der Waals surface area contributed by atoms with E-state index in [9.17, 15) is 0 Å². The van der Waals surface area contributed by atoms with Gasteiger partial charge < -0.3 is 10.2 Å². The maximum atomic E-state index is 5.77. The topological polar surface area (TPSA) is 39.2 Å². The van der Waals surface area contributed by atoms with Crippen molar-refractivity contribution >= 4 is 21.6 Å². The van der Waals surface area contributed by atoms with Crippen molar-refractivity contribution in [1.29, 1.82) is 0 Å². The molecule has 0 radical (unpaired) electrons. The Bertz CT molecular complexity index is 502. The van der Waals surface area contributed by atoms with Crippen LogP contribution in [0, 0.1) is 13.8 Å². The van der Waals surface area contributed by atoms with E-state index in [1.165, 1.54) is 0 Å². The van der Waals surface area contributed by atoms with E-state index in [0.29, 0.717) is 0 Å². The third kappa shape index (κ3) is 1.92. The third-order valence-electron chi connectivity index (χ3n) is 2.32. The third-order valence-corrected chi connectivity index (χ3v) is 3.01. The van der Waals surface area contributed by atoms with Crippen LogP contribution in [0.25, 0.3) is 11.1 Å². The van der Waals surface area contributed by atoms with Gasteiger partial charge in [-0.1, -0.05) is 15.9 Å². The average molecular weight is 266 g/mol. The van der Waals surface area contributed by atoms with Crippen LogP contribution in [0.15, 0.2) is 33.2 Å². The van der Waals surface area contributed by atoms with E-state index < -0.39 is 0 Å². The van der Waals surface area contributed by atoms with Gasteiger partial charge in [-0.2, -0.15) is 0 Å². The van der Waals surface area contributed by atoms with Gasteiger partial charge in [0.15, 0.2) is 0 Å². The number of hydrogen-bond donors (Lipinski definition) is 1. The highest BCUT2D eigenvalue weighted by Gasteiger charge is 2.10. The monoisotopic (exact) mass is 265 g/mol. The molecule has 0 saturated heterocycles. The lowest BCUT2D eigenvalue weighted by Crippen LogP contribution is -1.86. The summed E-state index contributed by atoms with van der Waals surface area (Å²) >= 11 is 3.51. The predicted octanol–water partition coefficient (Wildman–Crippen LogP) is 3.91. The van der Waals surface area contributed by atoms with Crippen LogP contribution in [0.2, 0.25) is 0 Å². The van der Waals surface area contributed by atoms with Crippen molar-refractivity contribution < 1.29 is 4.42 Å². The molecule has 2 nitrogen and oxygen atoms in total. The van der Waals surface area contributed by atoms with Gasteiger partial charge in [0, 0.05) is 21.3 Å². The van der Waals surface area contributed by atoms with Crippen LogP contribution in [0.4, 0.5) is 5.69 Å². The van der Waals surface area contributed by atoms with Gasteiger partial charge in [0.05, 0.1) is 0 Å². The zero-order valence-corrected chi connectivity index (χ0v) is 10.3. The Morgan fingerprint density at radius 2 is 1.87 bits per heavy atom. The summed E-state index contributed by atoms with van der Waals surface area (Å²) in [6.45, 7) is 3.90. The quantitative estimate of drug-likeness (QED) is 0.795. The molecule has 0 fully saturated rings. The van der Waals surface area contributed by atoms with E-state index >= 15 is 0 Å². The first-order chi connectivity index (χ1) is 7.08. The van der Waals surface area contributed by atoms with Crippen molar-refractivity contribution in [3.05, 3.63) is 40.3 Å². The van der Waals surface area contributed by atoms with Crippen LogP contribution in [-0.4, -0.2) is 0 Å². The Balaban J connectivity index is 2.62. The van der Waals surface area contributed by atoms with Gasteiger partial charge in [-0.25, -0.2) is 0 Å². The molecule has 3 heteroatoms. The predicted molar refractivity (Wildman–Crippen MR) is 65.7 cm³/mol. The van der Waals surface area contributed by atoms with Crippen LogP contribution in [0.3, 0.4) is 0 Å². The SMILES string of the molecule is Cc1cc(-c2cc(N)ccc2Br)c(C)o1. The van der Waals surface area contributed by atoms with E-state index in [1.807, 2.05) is 38.1 Å². The highest BCUT2D eigenvalue weighted by molar-refractivity contribution is 9.10. The van der Waals surface area contributed by atoms with Gasteiger partial charge in [0.1, 0.15) is 11.5 Å². The highest BCUT2D eigenvalue weighted by atomic mass is 79.9. The molecule has 1 aromatic heterocycles. The Morgan fingerprint density at radius 1 is 1.13 bits per heavy atom. The second-order valence-corrected chi connectivity index (χ2v) is 4.42. The fourth-order valence-corrected chi connectivity index (χ4v) is 2.11. The lowest BCUT2D eigenvalue weighted by atomic mass is 10.1. The Hall–Kier alpha value is -1.22. The molecule has 0 bridgehead atoms. The average Bonchev–Trinajstić information content (AvgIpc) is 2.50. The Labute approximate surface area is 97.2 Å². The molecule has 0 atom stereocenters. The van der Waals surface area contributed by atoms with Gasteiger partial charge in [-0.3, -0.25) is 0 Å². The molecule has 15 heavy (non-hydrogen) atoms. The van der Waals surface area contributed by atoms with E-state index in [0.717, 1.165) is 32.8 Å². The summed E-state index contributed by atoms with van der Waals surface area (Å²) in [6, 6.07) is 7.79. The molecule has 2 N–H and O–H groups in total. The maximum absolute atomic E-state index is 5.77. The molecule has 78 valence electrons. The molecule has 2 aromatic rings. The number of halogens is 1. The number of nitrogen functional groups attached to an aromatic ring is 1. The zero-order chi connectivity index (χ0) is 11.0. The number of nitrogens with two attached hydrogens (primary N) is 1. The first-order valence-electron chi connectivity index (χ1n) is 4.70. The lowest BCUT2D eigenvalue weighted by molar-refractivity contribution is 0.505. The molecule has 0 amide bonds. The van der Waals surface area contributed by atoms with E-state index in [-0.39, 0.29) is 0 Å². The normalized spacial score (nSPS) is 10.6. The smallest absolute Gasteiger partial charge is 0.108 e. The molecule has 1 heterocycles. The standard InChI is InChI=1S/C12H12BrNO/c1-7-5-10(8(2)15-7)11-6-9(14)3-4-12(11)13/h3-6H,14H2,1-2H3. The van der Waals surface area contributed by atoms with E-state index in [4.69, 9.17) is 10.2 Å². The van der Waals surface area contributed by atoms with E-state index in [1.54, 1.807) is 0 Å². The summed E-state index contributed by atoms with van der Waals surface area (Å²) in [5.41, 5.74) is 8.69. The minimum Gasteiger partial charge on any atom is -0.466 e. The molecule has 0 aliphatic carbocycles. The molecule has 1 aromatic carbocycles. The lowest BCUT2D eigenvalue weighted by Gasteiger charge is -2.04. The van der Waals surface area contributed by atoms with Crippen molar-refractivity contribution in [1.82, 2.24) is 0 Å². The number of aryl methyl sites for hydroxylation is 2.